The molecule has 8 nitrogen and oxygen atoms in total. The Morgan fingerprint density at radius 2 is 1.88 bits per heavy atom. The fourth-order valence-corrected chi connectivity index (χ4v) is 5.47. The number of aromatic nitrogens is 3. The molecular formula is C30H30ClFN4O4. The van der Waals surface area contributed by atoms with E-state index in [4.69, 9.17) is 26.1 Å². The number of hydrogen-bond acceptors (Lipinski definition) is 6. The lowest BCUT2D eigenvalue weighted by molar-refractivity contribution is -0.0593. The van der Waals surface area contributed by atoms with E-state index >= 15 is 0 Å². The first kappa shape index (κ1) is 26.7. The van der Waals surface area contributed by atoms with Gasteiger partial charge in [-0.1, -0.05) is 35.9 Å². The minimum Gasteiger partial charge on any atom is -0.490 e. The zero-order valence-electron chi connectivity index (χ0n) is 21.9. The van der Waals surface area contributed by atoms with Gasteiger partial charge in [0.1, 0.15) is 29.0 Å². The number of halogens is 2. The van der Waals surface area contributed by atoms with Gasteiger partial charge in [0.25, 0.3) is 0 Å². The summed E-state index contributed by atoms with van der Waals surface area (Å²) in [6, 6.07) is 15.8. The highest BCUT2D eigenvalue weighted by Gasteiger charge is 2.26. The van der Waals surface area contributed by atoms with Crippen LogP contribution in [0.15, 0.2) is 54.6 Å². The third-order valence-corrected chi connectivity index (χ3v) is 7.87. The molecule has 2 aromatic heterocycles. The predicted octanol–water partition coefficient (Wildman–Crippen LogP) is 5.35. The molecule has 10 heteroatoms. The number of nitrogens with zero attached hydrogens (tertiary/aromatic N) is 4. The van der Waals surface area contributed by atoms with Crippen molar-refractivity contribution in [3.63, 3.8) is 0 Å². The van der Waals surface area contributed by atoms with Gasteiger partial charge < -0.3 is 19.1 Å². The van der Waals surface area contributed by atoms with Gasteiger partial charge in [-0.2, -0.15) is 0 Å². The molecule has 0 amide bonds. The van der Waals surface area contributed by atoms with Gasteiger partial charge in [0, 0.05) is 31.1 Å². The summed E-state index contributed by atoms with van der Waals surface area (Å²) in [5.41, 5.74) is 2.79. The highest BCUT2D eigenvalue weighted by molar-refractivity contribution is 6.30. The average Bonchev–Trinajstić information content (AvgIpc) is 3.25. The maximum atomic E-state index is 14.4. The Labute approximate surface area is 236 Å². The molecule has 2 aliphatic heterocycles. The summed E-state index contributed by atoms with van der Waals surface area (Å²) in [5, 5.41) is 9.81. The number of carboxylic acids is 1. The molecule has 0 spiro atoms. The van der Waals surface area contributed by atoms with E-state index in [2.05, 4.69) is 9.88 Å². The van der Waals surface area contributed by atoms with E-state index in [0.29, 0.717) is 41.3 Å². The van der Waals surface area contributed by atoms with Crippen molar-refractivity contribution in [2.24, 2.45) is 0 Å². The van der Waals surface area contributed by atoms with Crippen molar-refractivity contribution in [1.29, 1.82) is 0 Å². The smallest absolute Gasteiger partial charge is 0.354 e. The number of carboxylic acid groups (broad SMARTS) is 1. The van der Waals surface area contributed by atoms with Gasteiger partial charge in [-0.3, -0.25) is 4.90 Å². The molecule has 0 radical (unpaired) electrons. The Kier molecular flexibility index (Phi) is 7.69. The molecule has 1 atom stereocenters. The van der Waals surface area contributed by atoms with Crippen LogP contribution < -0.4 is 4.74 Å². The third kappa shape index (κ3) is 5.82. The zero-order valence-corrected chi connectivity index (χ0v) is 22.7. The summed E-state index contributed by atoms with van der Waals surface area (Å²) in [7, 11) is 0. The van der Waals surface area contributed by atoms with Crippen molar-refractivity contribution in [3.05, 3.63) is 88.1 Å². The number of hydrogen-bond donors (Lipinski definition) is 1. The Balaban J connectivity index is 1.12. The SMILES string of the molecule is O=C(O)c1ccc2nc(CN3CCC(Oc4ccccc4Cc4ccc(Cl)cc4F)CC3)n(C[C@@H]3CCO3)c2n1. The standard InChI is InChI=1S/C30H30ClFN4O4/c31-21-6-5-19(24(32)16-21)15-20-3-1-2-4-27(20)40-22-9-12-35(13-10-22)18-28-33-25-7-8-26(30(37)38)34-29(25)36(28)17-23-11-14-39-23/h1-8,16,22-23H,9-15,17-18H2,(H,37,38)/t23-/m0/s1. The van der Waals surface area contributed by atoms with Gasteiger partial charge in [-0.25, -0.2) is 19.2 Å². The van der Waals surface area contributed by atoms with Crippen LogP contribution in [0.1, 0.15) is 46.7 Å². The number of likely N-dealkylation sites (tertiary alicyclic amines) is 1. The summed E-state index contributed by atoms with van der Waals surface area (Å²) in [5.74, 6) is 0.256. The lowest BCUT2D eigenvalue weighted by Crippen LogP contribution is -2.39. The van der Waals surface area contributed by atoms with E-state index in [1.165, 1.54) is 12.1 Å². The fourth-order valence-electron chi connectivity index (χ4n) is 5.31. The van der Waals surface area contributed by atoms with Gasteiger partial charge in [0.05, 0.1) is 19.2 Å². The number of ether oxygens (including phenoxy) is 2. The highest BCUT2D eigenvalue weighted by Crippen LogP contribution is 2.28. The van der Waals surface area contributed by atoms with Crippen molar-refractivity contribution in [3.8, 4) is 5.75 Å². The van der Waals surface area contributed by atoms with Crippen LogP contribution in [0.5, 0.6) is 5.75 Å². The summed E-state index contributed by atoms with van der Waals surface area (Å²) in [6.07, 6.45) is 3.22. The van der Waals surface area contributed by atoms with Gasteiger partial charge in [-0.05, 0) is 60.7 Å². The highest BCUT2D eigenvalue weighted by atomic mass is 35.5. The second kappa shape index (κ2) is 11.5. The molecule has 4 aromatic rings. The first-order valence-corrected chi connectivity index (χ1v) is 13.9. The van der Waals surface area contributed by atoms with E-state index < -0.39 is 5.97 Å². The molecule has 208 valence electrons. The molecular weight excluding hydrogens is 535 g/mol. The third-order valence-electron chi connectivity index (χ3n) is 7.63. The van der Waals surface area contributed by atoms with Crippen molar-refractivity contribution in [2.75, 3.05) is 19.7 Å². The van der Waals surface area contributed by atoms with Crippen LogP contribution in [0.2, 0.25) is 5.02 Å². The number of para-hydroxylation sites is 1. The molecule has 1 N–H and O–H groups in total. The van der Waals surface area contributed by atoms with E-state index in [9.17, 15) is 14.3 Å². The van der Waals surface area contributed by atoms with Crippen LogP contribution in [0, 0.1) is 5.82 Å². The molecule has 2 fully saturated rings. The lowest BCUT2D eigenvalue weighted by atomic mass is 10.0. The van der Waals surface area contributed by atoms with Crippen molar-refractivity contribution in [2.45, 2.75) is 51.0 Å². The van der Waals surface area contributed by atoms with Gasteiger partial charge in [0.15, 0.2) is 11.3 Å². The quantitative estimate of drug-likeness (QED) is 0.293. The normalized spacial score (nSPS) is 18.1. The molecule has 0 bridgehead atoms. The number of rotatable bonds is 9. The number of aromatic carboxylic acids is 1. The molecule has 4 heterocycles. The summed E-state index contributed by atoms with van der Waals surface area (Å²) < 4.78 is 28.5. The van der Waals surface area contributed by atoms with Crippen LogP contribution in [0.4, 0.5) is 4.39 Å². The Morgan fingerprint density at radius 1 is 1.07 bits per heavy atom. The maximum Gasteiger partial charge on any atom is 0.354 e. The molecule has 6 rings (SSSR count). The zero-order chi connectivity index (χ0) is 27.6. The molecule has 2 aliphatic rings. The van der Waals surface area contributed by atoms with Gasteiger partial charge >= 0.3 is 5.97 Å². The Hall–Kier alpha value is -3.53. The Bertz CT molecular complexity index is 1530. The largest absolute Gasteiger partial charge is 0.490 e. The predicted molar refractivity (Wildman–Crippen MR) is 148 cm³/mol. The van der Waals surface area contributed by atoms with Crippen LogP contribution in [-0.4, -0.2) is 62.4 Å². The van der Waals surface area contributed by atoms with Crippen LogP contribution in [-0.2, 0) is 24.2 Å². The van der Waals surface area contributed by atoms with E-state index in [-0.39, 0.29) is 23.7 Å². The van der Waals surface area contributed by atoms with Crippen LogP contribution >= 0.6 is 11.6 Å². The van der Waals surface area contributed by atoms with E-state index in [0.717, 1.165) is 56.1 Å². The number of pyridine rings is 1. The lowest BCUT2D eigenvalue weighted by Gasteiger charge is -2.33. The first-order valence-electron chi connectivity index (χ1n) is 13.5. The molecule has 40 heavy (non-hydrogen) atoms. The maximum absolute atomic E-state index is 14.4. The van der Waals surface area contributed by atoms with Gasteiger partial charge in [0.2, 0.25) is 0 Å². The fraction of sp³-hybridized carbons (Fsp3) is 0.367. The second-order valence-corrected chi connectivity index (χ2v) is 10.8. The minimum absolute atomic E-state index is 0.00627. The van der Waals surface area contributed by atoms with Crippen LogP contribution in [0.3, 0.4) is 0 Å². The summed E-state index contributed by atoms with van der Waals surface area (Å²) in [4.78, 5) is 23.0. The first-order chi connectivity index (χ1) is 19.4. The molecule has 2 aromatic carbocycles. The van der Waals surface area contributed by atoms with E-state index in [1.807, 2.05) is 28.8 Å². The van der Waals surface area contributed by atoms with Crippen molar-refractivity contribution >= 4 is 28.7 Å². The summed E-state index contributed by atoms with van der Waals surface area (Å²) in [6.45, 7) is 3.63. The number of carbonyl (C=O) groups is 1. The van der Waals surface area contributed by atoms with Crippen molar-refractivity contribution < 1.29 is 23.8 Å². The minimum atomic E-state index is -1.06. The van der Waals surface area contributed by atoms with E-state index in [1.54, 1.807) is 18.2 Å². The molecule has 0 unspecified atom stereocenters. The topological polar surface area (TPSA) is 89.7 Å². The molecule has 0 aliphatic carbocycles. The molecule has 2 saturated heterocycles. The van der Waals surface area contributed by atoms with Crippen LogP contribution in [0.25, 0.3) is 11.2 Å². The molecule has 0 saturated carbocycles. The number of piperidine rings is 1. The average molecular weight is 565 g/mol. The summed E-state index contributed by atoms with van der Waals surface area (Å²) >= 11 is 5.92. The van der Waals surface area contributed by atoms with Gasteiger partial charge in [-0.15, -0.1) is 0 Å². The number of fused-ring (bicyclic) bond motifs is 1. The monoisotopic (exact) mass is 564 g/mol. The number of imidazole rings is 1. The number of benzene rings is 2. The Morgan fingerprint density at radius 3 is 2.60 bits per heavy atom. The second-order valence-electron chi connectivity index (χ2n) is 10.4. The van der Waals surface area contributed by atoms with Crippen molar-refractivity contribution in [1.82, 2.24) is 19.4 Å².